The number of nitrogens with zero attached hydrogens (tertiary/aromatic N) is 2. The summed E-state index contributed by atoms with van der Waals surface area (Å²) >= 11 is 12.0. The minimum atomic E-state index is -0.584. The number of carbonyl (C=O) groups is 1. The van der Waals surface area contributed by atoms with E-state index in [1.807, 2.05) is 0 Å². The van der Waals surface area contributed by atoms with Crippen LogP contribution in [0.5, 0.6) is 0 Å². The summed E-state index contributed by atoms with van der Waals surface area (Å²) in [6, 6.07) is 14.1. The SMILES string of the molecule is CCOC(=O)c1nn(-c2ccc(Cl)cc2)c(-c2ccc(Cl)cc2)c1CO. The van der Waals surface area contributed by atoms with E-state index in [-0.39, 0.29) is 18.9 Å². The molecule has 7 heteroatoms. The number of hydrogen-bond acceptors (Lipinski definition) is 4. The highest BCUT2D eigenvalue weighted by molar-refractivity contribution is 6.30. The predicted molar refractivity (Wildman–Crippen MR) is 101 cm³/mol. The molecule has 0 saturated heterocycles. The number of carbonyl (C=O) groups excluding carboxylic acids is 1. The van der Waals surface area contributed by atoms with Crippen molar-refractivity contribution in [2.45, 2.75) is 13.5 Å². The molecule has 0 fully saturated rings. The molecule has 5 nitrogen and oxygen atoms in total. The summed E-state index contributed by atoms with van der Waals surface area (Å²) in [4.78, 5) is 12.3. The molecular formula is C19H16Cl2N2O3. The van der Waals surface area contributed by atoms with Crippen molar-refractivity contribution in [3.05, 3.63) is 69.8 Å². The standard InChI is InChI=1S/C19H16Cl2N2O3/c1-2-26-19(25)17-16(11-24)18(12-3-5-13(20)6-4-12)23(22-17)15-9-7-14(21)8-10-15/h3-10,24H,2,11H2,1H3. The topological polar surface area (TPSA) is 64.3 Å². The molecule has 1 heterocycles. The van der Waals surface area contributed by atoms with Crippen molar-refractivity contribution in [3.8, 4) is 16.9 Å². The largest absolute Gasteiger partial charge is 0.461 e. The second kappa shape index (κ2) is 7.91. The maximum absolute atomic E-state index is 12.3. The zero-order chi connectivity index (χ0) is 18.7. The van der Waals surface area contributed by atoms with Crippen LogP contribution in [-0.4, -0.2) is 27.5 Å². The van der Waals surface area contributed by atoms with E-state index in [1.54, 1.807) is 60.1 Å². The quantitative estimate of drug-likeness (QED) is 0.650. The first-order valence-corrected chi connectivity index (χ1v) is 8.72. The van der Waals surface area contributed by atoms with E-state index in [0.29, 0.717) is 27.0 Å². The van der Waals surface area contributed by atoms with Gasteiger partial charge in [0.25, 0.3) is 0 Å². The van der Waals surface area contributed by atoms with Gasteiger partial charge in [0, 0.05) is 21.2 Å². The Hall–Kier alpha value is -2.34. The Morgan fingerprint density at radius 3 is 2.19 bits per heavy atom. The molecule has 2 aromatic carbocycles. The van der Waals surface area contributed by atoms with Gasteiger partial charge in [-0.3, -0.25) is 0 Å². The van der Waals surface area contributed by atoms with E-state index in [4.69, 9.17) is 27.9 Å². The van der Waals surface area contributed by atoms with Crippen LogP contribution in [0.15, 0.2) is 48.5 Å². The van der Waals surface area contributed by atoms with E-state index in [0.717, 1.165) is 5.56 Å². The summed E-state index contributed by atoms with van der Waals surface area (Å²) in [6.07, 6.45) is 0. The Bertz CT molecular complexity index is 919. The summed E-state index contributed by atoms with van der Waals surface area (Å²) in [5.74, 6) is -0.584. The van der Waals surface area contributed by atoms with Crippen LogP contribution in [0.25, 0.3) is 16.9 Å². The van der Waals surface area contributed by atoms with E-state index >= 15 is 0 Å². The number of halogens is 2. The van der Waals surface area contributed by atoms with Crippen molar-refractivity contribution < 1.29 is 14.6 Å². The van der Waals surface area contributed by atoms with E-state index in [2.05, 4.69) is 5.10 Å². The maximum Gasteiger partial charge on any atom is 0.359 e. The van der Waals surface area contributed by atoms with Gasteiger partial charge < -0.3 is 9.84 Å². The molecule has 0 saturated carbocycles. The van der Waals surface area contributed by atoms with Crippen molar-refractivity contribution in [1.82, 2.24) is 9.78 Å². The summed E-state index contributed by atoms with van der Waals surface area (Å²) < 4.78 is 6.68. The molecule has 0 amide bonds. The van der Waals surface area contributed by atoms with Gasteiger partial charge >= 0.3 is 5.97 Å². The van der Waals surface area contributed by atoms with E-state index < -0.39 is 5.97 Å². The lowest BCUT2D eigenvalue weighted by atomic mass is 10.1. The Labute approximate surface area is 160 Å². The molecule has 0 aliphatic heterocycles. The number of ether oxygens (including phenoxy) is 1. The van der Waals surface area contributed by atoms with Gasteiger partial charge in [-0.05, 0) is 43.3 Å². The molecule has 0 aliphatic rings. The van der Waals surface area contributed by atoms with Crippen LogP contribution >= 0.6 is 23.2 Å². The van der Waals surface area contributed by atoms with Crippen molar-refractivity contribution in [3.63, 3.8) is 0 Å². The summed E-state index contributed by atoms with van der Waals surface area (Å²) in [5, 5.41) is 15.5. The van der Waals surface area contributed by atoms with E-state index in [1.165, 1.54) is 0 Å². The fraction of sp³-hybridized carbons (Fsp3) is 0.158. The number of aliphatic hydroxyl groups is 1. The molecule has 3 rings (SSSR count). The summed E-state index contributed by atoms with van der Waals surface area (Å²) in [6.45, 7) is 1.57. The van der Waals surface area contributed by atoms with Gasteiger partial charge in [-0.25, -0.2) is 9.48 Å². The van der Waals surface area contributed by atoms with Gasteiger partial charge in [-0.1, -0.05) is 35.3 Å². The van der Waals surface area contributed by atoms with Gasteiger partial charge in [0.2, 0.25) is 0 Å². The third-order valence-corrected chi connectivity index (χ3v) is 4.30. The molecule has 1 aromatic heterocycles. The molecular weight excluding hydrogens is 375 g/mol. The first-order chi connectivity index (χ1) is 12.5. The third-order valence-electron chi connectivity index (χ3n) is 3.80. The average molecular weight is 391 g/mol. The summed E-state index contributed by atoms with van der Waals surface area (Å²) in [7, 11) is 0. The fourth-order valence-corrected chi connectivity index (χ4v) is 2.89. The van der Waals surface area contributed by atoms with Crippen LogP contribution in [0, 0.1) is 0 Å². The Kier molecular flexibility index (Phi) is 5.61. The Balaban J connectivity index is 2.25. The molecule has 0 radical (unpaired) electrons. The smallest absolute Gasteiger partial charge is 0.359 e. The number of aliphatic hydroxyl groups excluding tert-OH is 1. The van der Waals surface area contributed by atoms with Crippen molar-refractivity contribution >= 4 is 29.2 Å². The molecule has 0 aliphatic carbocycles. The minimum Gasteiger partial charge on any atom is -0.461 e. The number of hydrogen-bond donors (Lipinski definition) is 1. The number of benzene rings is 2. The fourth-order valence-electron chi connectivity index (χ4n) is 2.64. The normalized spacial score (nSPS) is 10.8. The lowest BCUT2D eigenvalue weighted by molar-refractivity contribution is 0.0515. The van der Waals surface area contributed by atoms with Crippen molar-refractivity contribution in [2.75, 3.05) is 6.61 Å². The highest BCUT2D eigenvalue weighted by atomic mass is 35.5. The van der Waals surface area contributed by atoms with Gasteiger partial charge in [0.05, 0.1) is 24.6 Å². The molecule has 0 atom stereocenters. The lowest BCUT2D eigenvalue weighted by Gasteiger charge is -2.09. The zero-order valence-electron chi connectivity index (χ0n) is 13.9. The predicted octanol–water partition coefficient (Wildman–Crippen LogP) is 4.52. The van der Waals surface area contributed by atoms with Crippen LogP contribution in [-0.2, 0) is 11.3 Å². The number of rotatable bonds is 5. The second-order valence-corrected chi connectivity index (χ2v) is 6.32. The van der Waals surface area contributed by atoms with E-state index in [9.17, 15) is 9.90 Å². The van der Waals surface area contributed by atoms with Crippen LogP contribution in [0.3, 0.4) is 0 Å². The Morgan fingerprint density at radius 1 is 1.08 bits per heavy atom. The second-order valence-electron chi connectivity index (χ2n) is 5.45. The third kappa shape index (κ3) is 3.60. The highest BCUT2D eigenvalue weighted by Gasteiger charge is 2.25. The number of esters is 1. The van der Waals surface area contributed by atoms with Crippen LogP contribution in [0.4, 0.5) is 0 Å². The summed E-state index contributed by atoms with van der Waals surface area (Å²) in [5.41, 5.74) is 2.52. The zero-order valence-corrected chi connectivity index (χ0v) is 15.5. The molecule has 1 N–H and O–H groups in total. The highest BCUT2D eigenvalue weighted by Crippen LogP contribution is 2.31. The van der Waals surface area contributed by atoms with Crippen LogP contribution in [0.1, 0.15) is 23.0 Å². The van der Waals surface area contributed by atoms with Crippen molar-refractivity contribution in [2.24, 2.45) is 0 Å². The van der Waals surface area contributed by atoms with Gasteiger partial charge in [0.1, 0.15) is 0 Å². The Morgan fingerprint density at radius 2 is 1.65 bits per heavy atom. The first kappa shape index (κ1) is 18.5. The van der Waals surface area contributed by atoms with Crippen LogP contribution < -0.4 is 0 Å². The minimum absolute atomic E-state index is 0.0780. The molecule has 0 unspecified atom stereocenters. The molecule has 26 heavy (non-hydrogen) atoms. The first-order valence-electron chi connectivity index (χ1n) is 7.97. The van der Waals surface area contributed by atoms with Crippen LogP contribution in [0.2, 0.25) is 10.0 Å². The van der Waals surface area contributed by atoms with Gasteiger partial charge in [0.15, 0.2) is 5.69 Å². The average Bonchev–Trinajstić information content (AvgIpc) is 3.03. The van der Waals surface area contributed by atoms with Gasteiger partial charge in [-0.2, -0.15) is 5.10 Å². The maximum atomic E-state index is 12.3. The molecule has 3 aromatic rings. The molecule has 134 valence electrons. The lowest BCUT2D eigenvalue weighted by Crippen LogP contribution is -2.08. The molecule has 0 spiro atoms. The monoisotopic (exact) mass is 390 g/mol. The van der Waals surface area contributed by atoms with Crippen molar-refractivity contribution in [1.29, 1.82) is 0 Å². The number of aromatic nitrogens is 2. The van der Waals surface area contributed by atoms with Gasteiger partial charge in [-0.15, -0.1) is 0 Å². The molecule has 0 bridgehead atoms.